The summed E-state index contributed by atoms with van der Waals surface area (Å²) in [4.78, 5) is 19.6. The van der Waals surface area contributed by atoms with Crippen LogP contribution in [0.25, 0.3) is 10.9 Å². The van der Waals surface area contributed by atoms with Gasteiger partial charge in [-0.3, -0.25) is 4.79 Å². The summed E-state index contributed by atoms with van der Waals surface area (Å²) in [6.07, 6.45) is 1.58. The third-order valence-electron chi connectivity index (χ3n) is 3.38. The number of amides is 1. The molecule has 0 aliphatic carbocycles. The first-order valence-corrected chi connectivity index (χ1v) is 7.35. The number of fused-ring (bicyclic) bond motifs is 1. The van der Waals surface area contributed by atoms with Crippen molar-refractivity contribution < 1.29 is 9.53 Å². The van der Waals surface area contributed by atoms with E-state index >= 15 is 0 Å². The zero-order valence-electron chi connectivity index (χ0n) is 12.8. The van der Waals surface area contributed by atoms with Crippen LogP contribution < -0.4 is 15.8 Å². The standard InChI is InChI=1S/C17H18N4O2/c1-11-2-3-12-9-15(20-14(12)8-11)17(22)21-16-10-13(4-6-19-16)23-7-5-18/h2-4,6,8-10,20H,5,7,18H2,1H3,(H,19,21,22). The summed E-state index contributed by atoms with van der Waals surface area (Å²) in [5, 5.41) is 3.75. The fourth-order valence-corrected chi connectivity index (χ4v) is 2.29. The van der Waals surface area contributed by atoms with Gasteiger partial charge in [-0.15, -0.1) is 0 Å². The van der Waals surface area contributed by atoms with E-state index in [2.05, 4.69) is 15.3 Å². The second-order valence-electron chi connectivity index (χ2n) is 5.24. The number of aryl methyl sites for hydroxylation is 1. The Kier molecular flexibility index (Phi) is 4.25. The van der Waals surface area contributed by atoms with Gasteiger partial charge in [-0.05, 0) is 30.7 Å². The topological polar surface area (TPSA) is 93.0 Å². The highest BCUT2D eigenvalue weighted by Gasteiger charge is 2.11. The van der Waals surface area contributed by atoms with E-state index in [1.807, 2.05) is 31.2 Å². The molecule has 3 rings (SSSR count). The summed E-state index contributed by atoms with van der Waals surface area (Å²) in [5.74, 6) is 0.801. The summed E-state index contributed by atoms with van der Waals surface area (Å²) in [7, 11) is 0. The van der Waals surface area contributed by atoms with Crippen LogP contribution in [-0.2, 0) is 0 Å². The molecule has 6 nitrogen and oxygen atoms in total. The van der Waals surface area contributed by atoms with Crippen LogP contribution in [0, 0.1) is 6.92 Å². The Bertz CT molecular complexity index is 841. The molecule has 4 N–H and O–H groups in total. The van der Waals surface area contributed by atoms with Crippen LogP contribution in [0.15, 0.2) is 42.6 Å². The second-order valence-corrected chi connectivity index (χ2v) is 5.24. The molecule has 0 saturated heterocycles. The molecule has 0 unspecified atom stereocenters. The Balaban J connectivity index is 1.77. The lowest BCUT2D eigenvalue weighted by Gasteiger charge is -2.07. The molecular weight excluding hydrogens is 292 g/mol. The van der Waals surface area contributed by atoms with E-state index < -0.39 is 0 Å². The van der Waals surface area contributed by atoms with Crippen molar-refractivity contribution in [2.75, 3.05) is 18.5 Å². The lowest BCUT2D eigenvalue weighted by Crippen LogP contribution is -2.14. The zero-order valence-corrected chi connectivity index (χ0v) is 12.8. The second kappa shape index (κ2) is 6.50. The van der Waals surface area contributed by atoms with Gasteiger partial charge in [-0.2, -0.15) is 0 Å². The zero-order chi connectivity index (χ0) is 16.2. The van der Waals surface area contributed by atoms with E-state index in [0.29, 0.717) is 30.4 Å². The van der Waals surface area contributed by atoms with Crippen LogP contribution in [0.4, 0.5) is 5.82 Å². The summed E-state index contributed by atoms with van der Waals surface area (Å²) in [6.45, 7) is 2.86. The first-order valence-electron chi connectivity index (χ1n) is 7.35. The van der Waals surface area contributed by atoms with Crippen LogP contribution >= 0.6 is 0 Å². The molecule has 1 amide bonds. The summed E-state index contributed by atoms with van der Waals surface area (Å²) >= 11 is 0. The van der Waals surface area contributed by atoms with Gasteiger partial charge in [0, 0.05) is 29.7 Å². The number of nitrogens with two attached hydrogens (primary N) is 1. The molecule has 6 heteroatoms. The minimum Gasteiger partial charge on any atom is -0.492 e. The number of H-pyrrole nitrogens is 1. The average Bonchev–Trinajstić information content (AvgIpc) is 2.96. The van der Waals surface area contributed by atoms with Crippen LogP contribution in [0.5, 0.6) is 5.75 Å². The first kappa shape index (κ1) is 15.1. The Morgan fingerprint density at radius 3 is 3.00 bits per heavy atom. The number of nitrogens with zero attached hydrogens (tertiary/aromatic N) is 1. The van der Waals surface area contributed by atoms with Crippen molar-refractivity contribution in [3.05, 3.63) is 53.9 Å². The minimum absolute atomic E-state index is 0.248. The Hall–Kier alpha value is -2.86. The highest BCUT2D eigenvalue weighted by atomic mass is 16.5. The number of hydrogen-bond acceptors (Lipinski definition) is 4. The number of benzene rings is 1. The van der Waals surface area contributed by atoms with Crippen molar-refractivity contribution in [2.24, 2.45) is 5.73 Å². The predicted molar refractivity (Wildman–Crippen MR) is 89.8 cm³/mol. The number of carbonyl (C=O) groups is 1. The average molecular weight is 310 g/mol. The molecule has 0 aliphatic rings. The fourth-order valence-electron chi connectivity index (χ4n) is 2.29. The molecule has 0 atom stereocenters. The van der Waals surface area contributed by atoms with Crippen molar-refractivity contribution >= 4 is 22.6 Å². The van der Waals surface area contributed by atoms with Gasteiger partial charge in [0.15, 0.2) is 0 Å². The SMILES string of the molecule is Cc1ccc2cc(C(=O)Nc3cc(OCCN)ccn3)[nH]c2c1. The molecule has 0 saturated carbocycles. The normalized spacial score (nSPS) is 10.7. The quantitative estimate of drug-likeness (QED) is 0.675. The maximum Gasteiger partial charge on any atom is 0.273 e. The van der Waals surface area contributed by atoms with E-state index in [0.717, 1.165) is 16.5 Å². The number of pyridine rings is 1. The lowest BCUT2D eigenvalue weighted by atomic mass is 10.2. The number of aromatic nitrogens is 2. The smallest absolute Gasteiger partial charge is 0.273 e. The minimum atomic E-state index is -0.248. The summed E-state index contributed by atoms with van der Waals surface area (Å²) in [6, 6.07) is 11.2. The first-order chi connectivity index (χ1) is 11.2. The Morgan fingerprint density at radius 1 is 1.30 bits per heavy atom. The van der Waals surface area contributed by atoms with Gasteiger partial charge < -0.3 is 20.8 Å². The van der Waals surface area contributed by atoms with Gasteiger partial charge in [0.25, 0.3) is 5.91 Å². The van der Waals surface area contributed by atoms with Crippen molar-refractivity contribution in [3.8, 4) is 5.75 Å². The van der Waals surface area contributed by atoms with Crippen LogP contribution in [-0.4, -0.2) is 29.0 Å². The van der Waals surface area contributed by atoms with E-state index in [1.54, 1.807) is 18.3 Å². The van der Waals surface area contributed by atoms with Gasteiger partial charge >= 0.3 is 0 Å². The molecule has 0 fully saturated rings. The van der Waals surface area contributed by atoms with Crippen molar-refractivity contribution in [2.45, 2.75) is 6.92 Å². The molecule has 0 aliphatic heterocycles. The third kappa shape index (κ3) is 3.49. The van der Waals surface area contributed by atoms with Crippen LogP contribution in [0.1, 0.15) is 16.1 Å². The van der Waals surface area contributed by atoms with E-state index in [-0.39, 0.29) is 5.91 Å². The maximum atomic E-state index is 12.4. The van der Waals surface area contributed by atoms with E-state index in [4.69, 9.17) is 10.5 Å². The number of nitrogens with one attached hydrogen (secondary N) is 2. The van der Waals surface area contributed by atoms with Crippen LogP contribution in [0.3, 0.4) is 0 Å². The van der Waals surface area contributed by atoms with Crippen molar-refractivity contribution in [3.63, 3.8) is 0 Å². The Morgan fingerprint density at radius 2 is 2.17 bits per heavy atom. The predicted octanol–water partition coefficient (Wildman–Crippen LogP) is 2.46. The van der Waals surface area contributed by atoms with Gasteiger partial charge in [0.05, 0.1) is 0 Å². The number of carbonyl (C=O) groups excluding carboxylic acids is 1. The van der Waals surface area contributed by atoms with Gasteiger partial charge in [-0.1, -0.05) is 12.1 Å². The lowest BCUT2D eigenvalue weighted by molar-refractivity contribution is 0.102. The molecule has 3 aromatic rings. The number of ether oxygens (including phenoxy) is 1. The molecule has 0 spiro atoms. The van der Waals surface area contributed by atoms with Crippen molar-refractivity contribution in [1.29, 1.82) is 0 Å². The van der Waals surface area contributed by atoms with E-state index in [1.165, 1.54) is 0 Å². The maximum absolute atomic E-state index is 12.4. The fraction of sp³-hybridized carbons (Fsp3) is 0.176. The monoisotopic (exact) mass is 310 g/mol. The summed E-state index contributed by atoms with van der Waals surface area (Å²) in [5.41, 5.74) is 7.96. The molecule has 0 bridgehead atoms. The number of rotatable bonds is 5. The number of hydrogen-bond donors (Lipinski definition) is 3. The van der Waals surface area contributed by atoms with Gasteiger partial charge in [0.1, 0.15) is 23.9 Å². The van der Waals surface area contributed by atoms with Gasteiger partial charge in [-0.25, -0.2) is 4.98 Å². The molecule has 1 aromatic carbocycles. The molecule has 0 radical (unpaired) electrons. The van der Waals surface area contributed by atoms with E-state index in [9.17, 15) is 4.79 Å². The number of anilines is 1. The summed E-state index contributed by atoms with van der Waals surface area (Å²) < 4.78 is 5.42. The molecule has 118 valence electrons. The molecule has 2 heterocycles. The highest BCUT2D eigenvalue weighted by Crippen LogP contribution is 2.19. The van der Waals surface area contributed by atoms with Gasteiger partial charge in [0.2, 0.25) is 0 Å². The molecule has 23 heavy (non-hydrogen) atoms. The Labute approximate surface area is 133 Å². The molecular formula is C17H18N4O2. The largest absolute Gasteiger partial charge is 0.492 e. The third-order valence-corrected chi connectivity index (χ3v) is 3.38. The number of aromatic amines is 1. The highest BCUT2D eigenvalue weighted by molar-refractivity contribution is 6.05. The van der Waals surface area contributed by atoms with Crippen molar-refractivity contribution in [1.82, 2.24) is 9.97 Å². The molecule has 2 aromatic heterocycles. The van der Waals surface area contributed by atoms with Crippen LogP contribution in [0.2, 0.25) is 0 Å².